The molecule has 1 aliphatic heterocycles. The van der Waals surface area contributed by atoms with Crippen molar-refractivity contribution in [2.24, 2.45) is 7.05 Å². The highest BCUT2D eigenvalue weighted by molar-refractivity contribution is 6.30. The van der Waals surface area contributed by atoms with Crippen LogP contribution < -0.4 is 4.90 Å². The standard InChI is InChI=1S/C24H22ClFN4O/c1-15-3-5-19-16(9-15)10-23(28-24(19)20-6-4-18(25)11-21(20)26)30-7-8-31-22(14-30)17-12-27-29(2)13-17/h3-6,9-13,22H,7-8,14H2,1-2H3/t22-/m0/s1. The minimum Gasteiger partial charge on any atom is -0.370 e. The maximum Gasteiger partial charge on any atom is 0.134 e. The maximum absolute atomic E-state index is 14.8. The number of benzene rings is 2. The number of rotatable bonds is 3. The largest absolute Gasteiger partial charge is 0.370 e. The Hall–Kier alpha value is -2.96. The van der Waals surface area contributed by atoms with Crippen LogP contribution in [0.25, 0.3) is 22.0 Å². The summed E-state index contributed by atoms with van der Waals surface area (Å²) in [6.45, 7) is 4.00. The van der Waals surface area contributed by atoms with Gasteiger partial charge >= 0.3 is 0 Å². The van der Waals surface area contributed by atoms with E-state index >= 15 is 0 Å². The van der Waals surface area contributed by atoms with Crippen molar-refractivity contribution in [3.8, 4) is 11.3 Å². The van der Waals surface area contributed by atoms with Crippen LogP contribution in [0.5, 0.6) is 0 Å². The van der Waals surface area contributed by atoms with E-state index in [1.54, 1.807) is 16.8 Å². The SMILES string of the molecule is Cc1ccc2c(-c3ccc(Cl)cc3F)nc(N3CCO[C@H](c4cnn(C)c4)C3)cc2c1. The molecule has 31 heavy (non-hydrogen) atoms. The molecule has 2 aromatic carbocycles. The van der Waals surface area contributed by atoms with Crippen LogP contribution in [0.4, 0.5) is 10.2 Å². The second kappa shape index (κ2) is 7.94. The first-order valence-corrected chi connectivity index (χ1v) is 10.6. The molecule has 0 aliphatic carbocycles. The summed E-state index contributed by atoms with van der Waals surface area (Å²) in [5, 5.41) is 6.56. The first-order valence-electron chi connectivity index (χ1n) is 10.2. The van der Waals surface area contributed by atoms with Gasteiger partial charge in [-0.2, -0.15) is 5.10 Å². The van der Waals surface area contributed by atoms with E-state index in [-0.39, 0.29) is 11.9 Å². The minimum absolute atomic E-state index is 0.0897. The number of pyridine rings is 1. The third kappa shape index (κ3) is 3.89. The quantitative estimate of drug-likeness (QED) is 0.436. The van der Waals surface area contributed by atoms with Gasteiger partial charge in [0.2, 0.25) is 0 Å². The van der Waals surface area contributed by atoms with Crippen LogP contribution in [0.1, 0.15) is 17.2 Å². The maximum atomic E-state index is 14.8. The second-order valence-electron chi connectivity index (χ2n) is 7.93. The highest BCUT2D eigenvalue weighted by atomic mass is 35.5. The van der Waals surface area contributed by atoms with Crippen molar-refractivity contribution in [1.82, 2.24) is 14.8 Å². The van der Waals surface area contributed by atoms with E-state index in [2.05, 4.69) is 29.1 Å². The minimum atomic E-state index is -0.380. The van der Waals surface area contributed by atoms with Gasteiger partial charge in [0, 0.05) is 47.9 Å². The molecule has 1 aliphatic rings. The molecule has 0 radical (unpaired) electrons. The smallest absolute Gasteiger partial charge is 0.134 e. The third-order valence-corrected chi connectivity index (χ3v) is 5.88. The summed E-state index contributed by atoms with van der Waals surface area (Å²) in [6.07, 6.45) is 3.72. The Bertz CT molecular complexity index is 1270. The molecule has 0 amide bonds. The van der Waals surface area contributed by atoms with Crippen LogP contribution in [0.3, 0.4) is 0 Å². The summed E-state index contributed by atoms with van der Waals surface area (Å²) >= 11 is 5.98. The van der Waals surface area contributed by atoms with Gasteiger partial charge in [-0.15, -0.1) is 0 Å². The number of fused-ring (bicyclic) bond motifs is 1. The number of morpholine rings is 1. The number of hydrogen-bond acceptors (Lipinski definition) is 4. The molecule has 0 saturated carbocycles. The highest BCUT2D eigenvalue weighted by Gasteiger charge is 2.25. The fourth-order valence-corrected chi connectivity index (χ4v) is 4.24. The monoisotopic (exact) mass is 436 g/mol. The van der Waals surface area contributed by atoms with Crippen LogP contribution in [0.15, 0.2) is 54.9 Å². The molecule has 0 unspecified atom stereocenters. The Kier molecular flexibility index (Phi) is 5.12. The average Bonchev–Trinajstić information content (AvgIpc) is 3.19. The van der Waals surface area contributed by atoms with Crippen LogP contribution in [0, 0.1) is 12.7 Å². The third-order valence-electron chi connectivity index (χ3n) is 5.65. The van der Waals surface area contributed by atoms with Crippen molar-refractivity contribution in [1.29, 1.82) is 0 Å². The van der Waals surface area contributed by atoms with Crippen LogP contribution in [0.2, 0.25) is 5.02 Å². The second-order valence-corrected chi connectivity index (χ2v) is 8.37. The molecule has 5 rings (SSSR count). The first kappa shape index (κ1) is 20.0. The fraction of sp³-hybridized carbons (Fsp3) is 0.250. The zero-order valence-electron chi connectivity index (χ0n) is 17.3. The van der Waals surface area contributed by atoms with E-state index in [1.165, 1.54) is 6.07 Å². The zero-order chi connectivity index (χ0) is 21.5. The molecule has 1 saturated heterocycles. The number of nitrogens with zero attached hydrogens (tertiary/aromatic N) is 4. The molecule has 1 atom stereocenters. The molecule has 0 bridgehead atoms. The van der Waals surface area contributed by atoms with E-state index in [0.29, 0.717) is 36.0 Å². The van der Waals surface area contributed by atoms with Gasteiger partial charge in [-0.3, -0.25) is 4.68 Å². The first-order chi connectivity index (χ1) is 15.0. The lowest BCUT2D eigenvalue weighted by Crippen LogP contribution is -2.38. The Balaban J connectivity index is 1.60. The summed E-state index contributed by atoms with van der Waals surface area (Å²) < 4.78 is 22.6. The van der Waals surface area contributed by atoms with E-state index in [9.17, 15) is 4.39 Å². The Labute approximate surface area is 185 Å². The summed E-state index contributed by atoms with van der Waals surface area (Å²) in [4.78, 5) is 7.11. The lowest BCUT2D eigenvalue weighted by Gasteiger charge is -2.33. The van der Waals surface area contributed by atoms with Crippen molar-refractivity contribution >= 4 is 28.2 Å². The summed E-state index contributed by atoms with van der Waals surface area (Å²) in [5.74, 6) is 0.425. The van der Waals surface area contributed by atoms with Gasteiger partial charge in [0.15, 0.2) is 0 Å². The molecule has 1 fully saturated rings. The predicted octanol–water partition coefficient (Wildman–Crippen LogP) is 5.31. The molecule has 0 spiro atoms. The summed E-state index contributed by atoms with van der Waals surface area (Å²) in [5.41, 5.74) is 3.23. The van der Waals surface area contributed by atoms with Crippen molar-refractivity contribution in [3.05, 3.63) is 76.8 Å². The Morgan fingerprint density at radius 1 is 1.16 bits per heavy atom. The van der Waals surface area contributed by atoms with E-state index in [1.807, 2.05) is 31.6 Å². The fourth-order valence-electron chi connectivity index (χ4n) is 4.08. The molecule has 3 heterocycles. The number of anilines is 1. The van der Waals surface area contributed by atoms with Gasteiger partial charge in [-0.25, -0.2) is 9.37 Å². The summed E-state index contributed by atoms with van der Waals surface area (Å²) in [6, 6.07) is 12.9. The van der Waals surface area contributed by atoms with Gasteiger partial charge in [-0.1, -0.05) is 35.4 Å². The van der Waals surface area contributed by atoms with Gasteiger partial charge in [0.25, 0.3) is 0 Å². The zero-order valence-corrected chi connectivity index (χ0v) is 18.1. The Morgan fingerprint density at radius 2 is 2.03 bits per heavy atom. The molecular formula is C24H22ClFN4O. The molecule has 0 N–H and O–H groups in total. The van der Waals surface area contributed by atoms with Gasteiger partial charge in [0.05, 0.1) is 18.5 Å². The highest BCUT2D eigenvalue weighted by Crippen LogP contribution is 2.34. The normalized spacial score (nSPS) is 16.8. The summed E-state index contributed by atoms with van der Waals surface area (Å²) in [7, 11) is 1.89. The Morgan fingerprint density at radius 3 is 2.81 bits per heavy atom. The predicted molar refractivity (Wildman–Crippen MR) is 121 cm³/mol. The lowest BCUT2D eigenvalue weighted by molar-refractivity contribution is 0.0395. The van der Waals surface area contributed by atoms with Crippen LogP contribution >= 0.6 is 11.6 Å². The van der Waals surface area contributed by atoms with Crippen molar-refractivity contribution in [2.75, 3.05) is 24.6 Å². The van der Waals surface area contributed by atoms with Gasteiger partial charge < -0.3 is 9.64 Å². The van der Waals surface area contributed by atoms with Crippen molar-refractivity contribution < 1.29 is 9.13 Å². The molecule has 4 aromatic rings. The molecule has 7 heteroatoms. The van der Waals surface area contributed by atoms with E-state index in [4.69, 9.17) is 21.3 Å². The molecular weight excluding hydrogens is 415 g/mol. The van der Waals surface area contributed by atoms with Gasteiger partial charge in [-0.05, 0) is 36.6 Å². The van der Waals surface area contributed by atoms with Crippen molar-refractivity contribution in [3.63, 3.8) is 0 Å². The van der Waals surface area contributed by atoms with E-state index in [0.717, 1.165) is 27.7 Å². The van der Waals surface area contributed by atoms with Crippen molar-refractivity contribution in [2.45, 2.75) is 13.0 Å². The molecule has 2 aromatic heterocycles. The van der Waals surface area contributed by atoms with Gasteiger partial charge in [0.1, 0.15) is 17.7 Å². The van der Waals surface area contributed by atoms with Crippen LogP contribution in [-0.2, 0) is 11.8 Å². The average molecular weight is 437 g/mol. The number of halogens is 2. The number of hydrogen-bond donors (Lipinski definition) is 0. The number of aryl methyl sites for hydroxylation is 2. The van der Waals surface area contributed by atoms with Crippen LogP contribution in [-0.4, -0.2) is 34.5 Å². The van der Waals surface area contributed by atoms with E-state index < -0.39 is 0 Å². The molecule has 158 valence electrons. The topological polar surface area (TPSA) is 43.2 Å². The number of aromatic nitrogens is 3. The molecule has 5 nitrogen and oxygen atoms in total. The lowest BCUT2D eigenvalue weighted by atomic mass is 10.0. The number of ether oxygens (including phenoxy) is 1.